The summed E-state index contributed by atoms with van der Waals surface area (Å²) in [4.78, 5) is 0. The second-order valence-corrected chi connectivity index (χ2v) is 5.78. The van der Waals surface area contributed by atoms with Crippen molar-refractivity contribution >= 4 is 88.7 Å². The number of halogens is 3. The van der Waals surface area contributed by atoms with Gasteiger partial charge in [-0.3, -0.25) is 0 Å². The van der Waals surface area contributed by atoms with Gasteiger partial charge in [-0.1, -0.05) is 0 Å². The van der Waals surface area contributed by atoms with Gasteiger partial charge >= 0.3 is 0 Å². The molecule has 0 saturated carbocycles. The summed E-state index contributed by atoms with van der Waals surface area (Å²) in [6, 6.07) is 2.01. The Hall–Kier alpha value is 2.14. The Morgan fingerprint density at radius 2 is 1.78 bits per heavy atom. The molecule has 0 bridgehead atoms. The minimum atomic E-state index is 0. The fourth-order valence-corrected chi connectivity index (χ4v) is 3.76. The van der Waals surface area contributed by atoms with Crippen LogP contribution in [0.1, 0.15) is 0 Å². The summed E-state index contributed by atoms with van der Waals surface area (Å²) < 4.78 is 3.37. The first kappa shape index (κ1) is 11.1. The van der Waals surface area contributed by atoms with Crippen molar-refractivity contribution in [3.8, 4) is 0 Å². The van der Waals surface area contributed by atoms with Crippen LogP contribution in [0.15, 0.2) is 18.1 Å². The van der Waals surface area contributed by atoms with Gasteiger partial charge in [0.1, 0.15) is 0 Å². The minimum Gasteiger partial charge on any atom is -0.120 e. The molecule has 0 nitrogen and oxygen atoms in total. The van der Waals surface area contributed by atoms with E-state index in [0.717, 1.165) is 12.0 Å². The fourth-order valence-electron chi connectivity index (χ4n) is 0.320. The maximum Gasteiger partial charge on any atom is 0.0852 e. The zero-order valence-corrected chi connectivity index (χ0v) is 12.2. The molecule has 9 heavy (non-hydrogen) atoms. The average Bonchev–Trinajstić information content (AvgIpc) is 1.85. The van der Waals surface area contributed by atoms with Crippen LogP contribution >= 0.6 is 59.1 Å². The van der Waals surface area contributed by atoms with E-state index < -0.39 is 0 Å². The van der Waals surface area contributed by atoms with Crippen LogP contribution < -0.4 is 0 Å². The van der Waals surface area contributed by atoms with Gasteiger partial charge < -0.3 is 0 Å². The van der Waals surface area contributed by atoms with Crippen LogP contribution in [0, 0.1) is 0 Å². The fraction of sp³-hybridized carbons (Fsp3) is 0. The van der Waals surface area contributed by atoms with E-state index in [1.807, 2.05) is 6.07 Å². The Labute approximate surface area is 105 Å². The molecule has 0 aliphatic rings. The van der Waals surface area contributed by atoms with Gasteiger partial charge in [0.05, 0.1) is 7.57 Å². The summed E-state index contributed by atoms with van der Waals surface area (Å²) in [5.41, 5.74) is 0. The SMILES string of the molecule is Brc1cc(Br)c(Br)s1.[Na]. The predicted molar refractivity (Wildman–Crippen MR) is 53.2 cm³/mol. The molecule has 0 fully saturated rings. The summed E-state index contributed by atoms with van der Waals surface area (Å²) in [5.74, 6) is 0. The van der Waals surface area contributed by atoms with Crippen molar-refractivity contribution in [3.63, 3.8) is 0 Å². The molecule has 0 N–H and O–H groups in total. The standard InChI is InChI=1S/C4HBr3S.Na/c5-2-1-3(6)8-4(2)7;/h1H;. The number of rotatable bonds is 0. The van der Waals surface area contributed by atoms with Crippen molar-refractivity contribution in [2.45, 2.75) is 0 Å². The van der Waals surface area contributed by atoms with Crippen molar-refractivity contribution in [2.24, 2.45) is 0 Å². The average molecular weight is 344 g/mol. The van der Waals surface area contributed by atoms with Crippen LogP contribution in [0.25, 0.3) is 0 Å². The van der Waals surface area contributed by atoms with Crippen LogP contribution in [-0.4, -0.2) is 29.6 Å². The van der Waals surface area contributed by atoms with E-state index in [0.29, 0.717) is 0 Å². The van der Waals surface area contributed by atoms with Gasteiger partial charge in [0.15, 0.2) is 0 Å². The van der Waals surface area contributed by atoms with E-state index in [2.05, 4.69) is 47.8 Å². The van der Waals surface area contributed by atoms with E-state index in [4.69, 9.17) is 0 Å². The van der Waals surface area contributed by atoms with Gasteiger partial charge in [-0.2, -0.15) is 0 Å². The monoisotopic (exact) mass is 341 g/mol. The third-order valence-electron chi connectivity index (χ3n) is 0.615. The number of hydrogen-bond acceptors (Lipinski definition) is 1. The molecule has 0 amide bonds. The predicted octanol–water partition coefficient (Wildman–Crippen LogP) is 3.65. The van der Waals surface area contributed by atoms with Crippen molar-refractivity contribution in [1.82, 2.24) is 0 Å². The molecule has 1 aromatic rings. The van der Waals surface area contributed by atoms with Crippen LogP contribution in [0.3, 0.4) is 0 Å². The van der Waals surface area contributed by atoms with E-state index in [1.165, 1.54) is 0 Å². The quantitative estimate of drug-likeness (QED) is 0.631. The van der Waals surface area contributed by atoms with Crippen molar-refractivity contribution < 1.29 is 0 Å². The molecule has 0 atom stereocenters. The minimum absolute atomic E-state index is 0. The summed E-state index contributed by atoms with van der Waals surface area (Å²) in [7, 11) is 0. The van der Waals surface area contributed by atoms with Gasteiger partial charge in [0, 0.05) is 34.0 Å². The van der Waals surface area contributed by atoms with Gasteiger partial charge in [0.25, 0.3) is 0 Å². The Bertz CT molecular complexity index is 178. The summed E-state index contributed by atoms with van der Waals surface area (Å²) in [5, 5.41) is 0. The van der Waals surface area contributed by atoms with Crippen molar-refractivity contribution in [3.05, 3.63) is 18.1 Å². The maximum absolute atomic E-state index is 3.36. The van der Waals surface area contributed by atoms with Crippen LogP contribution in [0.4, 0.5) is 0 Å². The van der Waals surface area contributed by atoms with Gasteiger partial charge in [0.2, 0.25) is 0 Å². The zero-order valence-electron chi connectivity index (χ0n) is 4.62. The number of hydrogen-bond donors (Lipinski definition) is 0. The van der Waals surface area contributed by atoms with Crippen LogP contribution in [0.5, 0.6) is 0 Å². The first-order valence-corrected chi connectivity index (χ1v) is 5.00. The molecule has 1 radical (unpaired) electrons. The Kier molecular flexibility index (Phi) is 6.07. The van der Waals surface area contributed by atoms with Gasteiger partial charge in [-0.25, -0.2) is 0 Å². The molecule has 1 aromatic heterocycles. The van der Waals surface area contributed by atoms with Crippen molar-refractivity contribution in [1.29, 1.82) is 0 Å². The van der Waals surface area contributed by atoms with Crippen molar-refractivity contribution in [2.75, 3.05) is 0 Å². The normalized spacial score (nSPS) is 8.78. The summed E-state index contributed by atoms with van der Waals surface area (Å²) in [6.07, 6.45) is 0. The van der Waals surface area contributed by atoms with Crippen LogP contribution in [-0.2, 0) is 0 Å². The molecule has 0 saturated heterocycles. The van der Waals surface area contributed by atoms with E-state index in [1.54, 1.807) is 11.3 Å². The van der Waals surface area contributed by atoms with E-state index in [-0.39, 0.29) is 29.6 Å². The first-order chi connectivity index (χ1) is 3.70. The third-order valence-corrected chi connectivity index (χ3v) is 4.37. The molecular formula is C4HBr3NaS. The van der Waals surface area contributed by atoms with E-state index >= 15 is 0 Å². The molecule has 0 aliphatic carbocycles. The summed E-state index contributed by atoms with van der Waals surface area (Å²) >= 11 is 11.7. The molecule has 45 valence electrons. The molecule has 0 aromatic carbocycles. The third kappa shape index (κ3) is 3.36. The van der Waals surface area contributed by atoms with Gasteiger partial charge in [-0.05, 0) is 53.9 Å². The Morgan fingerprint density at radius 1 is 1.22 bits per heavy atom. The second kappa shape index (κ2) is 4.91. The molecular weight excluding hydrogens is 343 g/mol. The second-order valence-electron chi connectivity index (χ2n) is 1.17. The summed E-state index contributed by atoms with van der Waals surface area (Å²) in [6.45, 7) is 0. The zero-order chi connectivity index (χ0) is 6.15. The van der Waals surface area contributed by atoms with E-state index in [9.17, 15) is 0 Å². The largest absolute Gasteiger partial charge is 0.120 e. The molecule has 0 aliphatic heterocycles. The Balaban J connectivity index is 0.000000640. The molecule has 0 unspecified atom stereocenters. The maximum atomic E-state index is 3.36. The van der Waals surface area contributed by atoms with Gasteiger partial charge in [-0.15, -0.1) is 11.3 Å². The smallest absolute Gasteiger partial charge is 0.0852 e. The topological polar surface area (TPSA) is 0 Å². The number of thiophene rings is 1. The molecule has 0 spiro atoms. The molecule has 1 rings (SSSR count). The molecule has 5 heteroatoms. The Morgan fingerprint density at radius 3 is 1.89 bits per heavy atom. The van der Waals surface area contributed by atoms with Crippen LogP contribution in [0.2, 0.25) is 0 Å². The molecule has 1 heterocycles. The first-order valence-electron chi connectivity index (χ1n) is 1.80.